The predicted molar refractivity (Wildman–Crippen MR) is 136 cm³/mol. The lowest BCUT2D eigenvalue weighted by Gasteiger charge is -2.18. The first-order valence-electron chi connectivity index (χ1n) is 11.1. The summed E-state index contributed by atoms with van der Waals surface area (Å²) >= 11 is 13.6. The summed E-state index contributed by atoms with van der Waals surface area (Å²) in [4.78, 5) is 18.0. The van der Waals surface area contributed by atoms with Gasteiger partial charge in [-0.05, 0) is 55.7 Å². The maximum absolute atomic E-state index is 13.0. The number of nitrogens with one attached hydrogen (secondary N) is 1. The van der Waals surface area contributed by atoms with Gasteiger partial charge in [-0.3, -0.25) is 4.79 Å². The van der Waals surface area contributed by atoms with Crippen LogP contribution in [0.2, 0.25) is 10.0 Å². The summed E-state index contributed by atoms with van der Waals surface area (Å²) in [6.07, 6.45) is 0.442. The Labute approximate surface area is 218 Å². The average molecular weight is 537 g/mol. The van der Waals surface area contributed by atoms with Gasteiger partial charge in [-0.2, -0.15) is 0 Å². The Morgan fingerprint density at radius 1 is 1.31 bits per heavy atom. The highest BCUT2D eigenvalue weighted by atomic mass is 35.5. The van der Waals surface area contributed by atoms with E-state index in [2.05, 4.69) is 10.3 Å². The number of aryl methyl sites for hydroxylation is 1. The second-order valence-electron chi connectivity index (χ2n) is 8.14. The number of aliphatic hydroxyl groups excluding tert-OH is 1. The van der Waals surface area contributed by atoms with E-state index in [1.165, 1.54) is 11.3 Å². The molecular formula is C25H26Cl2N2O5S. The number of aromatic nitrogens is 1. The number of ether oxygens (including phenoxy) is 3. The molecule has 0 radical (unpaired) electrons. The van der Waals surface area contributed by atoms with Gasteiger partial charge in [-0.1, -0.05) is 29.3 Å². The van der Waals surface area contributed by atoms with Gasteiger partial charge >= 0.3 is 0 Å². The van der Waals surface area contributed by atoms with E-state index >= 15 is 0 Å². The molecule has 35 heavy (non-hydrogen) atoms. The Hall–Kier alpha value is -2.20. The fraction of sp³-hybridized carbons (Fsp3) is 0.360. The van der Waals surface area contributed by atoms with Crippen LogP contribution in [0.3, 0.4) is 0 Å². The summed E-state index contributed by atoms with van der Waals surface area (Å²) in [5.41, 5.74) is 2.98. The van der Waals surface area contributed by atoms with Crippen molar-refractivity contribution in [2.24, 2.45) is 0 Å². The highest BCUT2D eigenvalue weighted by Crippen LogP contribution is 2.34. The van der Waals surface area contributed by atoms with Crippen LogP contribution in [0.4, 0.5) is 0 Å². The van der Waals surface area contributed by atoms with Crippen molar-refractivity contribution in [2.45, 2.75) is 45.3 Å². The van der Waals surface area contributed by atoms with Crippen molar-refractivity contribution in [1.29, 1.82) is 0 Å². The summed E-state index contributed by atoms with van der Waals surface area (Å²) in [6, 6.07) is 10.7. The standard InChI is InChI=1S/C25H26Cl2N2O5S/c1-14-22(35-24(29-14)18-7-6-17(26)11-19(18)27)23(30)28-12-16-10-15(5-8-20(16)32-2)13-34-25(31)21-4-3-9-33-21/h5-8,10-11,21,25,31H,3-4,9,12-13H2,1-2H3,(H,28,30). The lowest BCUT2D eigenvalue weighted by molar-refractivity contribution is -0.171. The minimum atomic E-state index is -0.972. The van der Waals surface area contributed by atoms with E-state index in [4.69, 9.17) is 37.4 Å². The molecule has 2 unspecified atom stereocenters. The van der Waals surface area contributed by atoms with Crippen LogP contribution in [0, 0.1) is 6.92 Å². The molecular weight excluding hydrogens is 511 g/mol. The van der Waals surface area contributed by atoms with Gasteiger partial charge in [0, 0.05) is 29.3 Å². The fourth-order valence-electron chi connectivity index (χ4n) is 3.82. The number of nitrogens with zero attached hydrogens (tertiary/aromatic N) is 1. The highest BCUT2D eigenvalue weighted by Gasteiger charge is 2.25. The second-order valence-corrected chi connectivity index (χ2v) is 9.98. The Bertz CT molecular complexity index is 1200. The summed E-state index contributed by atoms with van der Waals surface area (Å²) in [7, 11) is 1.58. The number of carbonyl (C=O) groups excluding carboxylic acids is 1. The molecule has 0 saturated carbocycles. The minimum absolute atomic E-state index is 0.213. The van der Waals surface area contributed by atoms with E-state index < -0.39 is 6.29 Å². The number of amides is 1. The first-order chi connectivity index (χ1) is 16.9. The van der Waals surface area contributed by atoms with Crippen LogP contribution in [-0.2, 0) is 22.6 Å². The molecule has 1 fully saturated rings. The van der Waals surface area contributed by atoms with Crippen LogP contribution >= 0.6 is 34.5 Å². The van der Waals surface area contributed by atoms with Crippen molar-refractivity contribution in [2.75, 3.05) is 13.7 Å². The molecule has 2 atom stereocenters. The van der Waals surface area contributed by atoms with Gasteiger partial charge in [-0.25, -0.2) is 4.98 Å². The SMILES string of the molecule is COc1ccc(COC(O)C2CCCO2)cc1CNC(=O)c1sc(-c2ccc(Cl)cc2Cl)nc1C. The van der Waals surface area contributed by atoms with Gasteiger partial charge in [0.05, 0.1) is 24.4 Å². The van der Waals surface area contributed by atoms with Crippen molar-refractivity contribution < 1.29 is 24.1 Å². The van der Waals surface area contributed by atoms with Crippen molar-refractivity contribution in [1.82, 2.24) is 10.3 Å². The van der Waals surface area contributed by atoms with Crippen LogP contribution in [0.1, 0.15) is 39.3 Å². The van der Waals surface area contributed by atoms with Crippen LogP contribution in [0.5, 0.6) is 5.75 Å². The molecule has 1 aromatic heterocycles. The van der Waals surface area contributed by atoms with Crippen LogP contribution < -0.4 is 10.1 Å². The highest BCUT2D eigenvalue weighted by molar-refractivity contribution is 7.17. The number of aliphatic hydroxyl groups is 1. The Morgan fingerprint density at radius 3 is 2.86 bits per heavy atom. The largest absolute Gasteiger partial charge is 0.496 e. The Balaban J connectivity index is 1.42. The van der Waals surface area contributed by atoms with Crippen LogP contribution in [0.15, 0.2) is 36.4 Å². The van der Waals surface area contributed by atoms with Gasteiger partial charge in [0.2, 0.25) is 0 Å². The molecule has 4 rings (SSSR count). The third-order valence-electron chi connectivity index (χ3n) is 5.65. The average Bonchev–Trinajstić information content (AvgIpc) is 3.51. The number of hydrogen-bond donors (Lipinski definition) is 2. The molecule has 0 spiro atoms. The monoisotopic (exact) mass is 536 g/mol. The molecule has 7 nitrogen and oxygen atoms in total. The summed E-state index contributed by atoms with van der Waals surface area (Å²) in [5, 5.41) is 14.8. The van der Waals surface area contributed by atoms with Gasteiger partial charge in [0.1, 0.15) is 21.7 Å². The number of carbonyl (C=O) groups is 1. The van der Waals surface area contributed by atoms with E-state index in [1.807, 2.05) is 18.2 Å². The number of halogens is 2. The quantitative estimate of drug-likeness (QED) is 0.357. The number of hydrogen-bond acceptors (Lipinski definition) is 7. The molecule has 2 N–H and O–H groups in total. The molecule has 3 aromatic rings. The van der Waals surface area contributed by atoms with Gasteiger partial charge in [-0.15, -0.1) is 11.3 Å². The Morgan fingerprint density at radius 2 is 2.14 bits per heavy atom. The van der Waals surface area contributed by atoms with E-state index in [0.29, 0.717) is 38.0 Å². The first-order valence-corrected chi connectivity index (χ1v) is 12.7. The normalized spacial score (nSPS) is 16.3. The maximum Gasteiger partial charge on any atom is 0.263 e. The zero-order valence-corrected chi connectivity index (χ0v) is 21.7. The summed E-state index contributed by atoms with van der Waals surface area (Å²) < 4.78 is 16.5. The molecule has 1 aliphatic rings. The summed E-state index contributed by atoms with van der Waals surface area (Å²) in [5.74, 6) is 0.400. The molecule has 2 heterocycles. The van der Waals surface area contributed by atoms with Crippen LogP contribution in [-0.4, -0.2) is 42.1 Å². The number of methoxy groups -OCH3 is 1. The van der Waals surface area contributed by atoms with E-state index in [1.54, 1.807) is 32.2 Å². The molecule has 0 bridgehead atoms. The van der Waals surface area contributed by atoms with Crippen LogP contribution in [0.25, 0.3) is 10.6 Å². The van der Waals surface area contributed by atoms with Crippen molar-refractivity contribution >= 4 is 40.4 Å². The first kappa shape index (κ1) is 25.9. The van der Waals surface area contributed by atoms with Crippen molar-refractivity contribution in [3.63, 3.8) is 0 Å². The lowest BCUT2D eigenvalue weighted by Crippen LogP contribution is -2.27. The lowest BCUT2D eigenvalue weighted by atomic mass is 10.1. The number of thiazole rings is 1. The van der Waals surface area contributed by atoms with Gasteiger partial charge in [0.25, 0.3) is 5.91 Å². The van der Waals surface area contributed by atoms with E-state index in [9.17, 15) is 9.90 Å². The van der Waals surface area contributed by atoms with E-state index in [0.717, 1.165) is 29.5 Å². The molecule has 1 saturated heterocycles. The van der Waals surface area contributed by atoms with Crippen molar-refractivity contribution in [3.8, 4) is 16.3 Å². The minimum Gasteiger partial charge on any atom is -0.496 e. The van der Waals surface area contributed by atoms with Gasteiger partial charge in [0.15, 0.2) is 6.29 Å². The van der Waals surface area contributed by atoms with Gasteiger partial charge < -0.3 is 24.6 Å². The molecule has 10 heteroatoms. The Kier molecular flexibility index (Phi) is 8.64. The molecule has 0 aliphatic carbocycles. The topological polar surface area (TPSA) is 89.9 Å². The number of rotatable bonds is 9. The molecule has 1 aliphatic heterocycles. The third kappa shape index (κ3) is 6.33. The zero-order valence-electron chi connectivity index (χ0n) is 19.3. The molecule has 186 valence electrons. The molecule has 2 aromatic carbocycles. The number of benzene rings is 2. The predicted octanol–water partition coefficient (Wildman–Crippen LogP) is 5.38. The second kappa shape index (κ2) is 11.7. The zero-order chi connectivity index (χ0) is 24.9. The maximum atomic E-state index is 13.0. The van der Waals surface area contributed by atoms with E-state index in [-0.39, 0.29) is 25.2 Å². The third-order valence-corrected chi connectivity index (χ3v) is 7.39. The van der Waals surface area contributed by atoms with Crippen molar-refractivity contribution in [3.05, 3.63) is 68.1 Å². The smallest absolute Gasteiger partial charge is 0.263 e. The fourth-order valence-corrected chi connectivity index (χ4v) is 5.39. The molecule has 1 amide bonds. The summed E-state index contributed by atoms with van der Waals surface area (Å²) in [6.45, 7) is 2.89.